The van der Waals surface area contributed by atoms with Crippen LogP contribution in [0.3, 0.4) is 0 Å². The SMILES string of the molecule is CN1CCNC(CNC(=O)c2cccc(F)c2)C1. The van der Waals surface area contributed by atoms with E-state index in [1.165, 1.54) is 18.2 Å². The van der Waals surface area contributed by atoms with E-state index in [1.807, 2.05) is 0 Å². The summed E-state index contributed by atoms with van der Waals surface area (Å²) in [6.45, 7) is 3.41. The maximum Gasteiger partial charge on any atom is 0.251 e. The van der Waals surface area contributed by atoms with Crippen LogP contribution in [-0.4, -0.2) is 50.1 Å². The molecule has 1 atom stereocenters. The third kappa shape index (κ3) is 3.51. The van der Waals surface area contributed by atoms with Crippen LogP contribution in [0.2, 0.25) is 0 Å². The lowest BCUT2D eigenvalue weighted by molar-refractivity contribution is 0.0943. The average molecular weight is 251 g/mol. The van der Waals surface area contributed by atoms with E-state index < -0.39 is 5.82 Å². The van der Waals surface area contributed by atoms with Gasteiger partial charge < -0.3 is 15.5 Å². The van der Waals surface area contributed by atoms with Gasteiger partial charge in [0.05, 0.1) is 0 Å². The molecular formula is C13H18FN3O. The first-order valence-electron chi connectivity index (χ1n) is 6.11. The lowest BCUT2D eigenvalue weighted by atomic mass is 10.2. The van der Waals surface area contributed by atoms with Gasteiger partial charge >= 0.3 is 0 Å². The molecule has 1 saturated heterocycles. The summed E-state index contributed by atoms with van der Waals surface area (Å²) in [5.74, 6) is -0.622. The van der Waals surface area contributed by atoms with Crippen molar-refractivity contribution in [1.82, 2.24) is 15.5 Å². The van der Waals surface area contributed by atoms with Gasteiger partial charge in [-0.05, 0) is 25.2 Å². The van der Waals surface area contributed by atoms with Crippen molar-refractivity contribution in [2.45, 2.75) is 6.04 Å². The molecular weight excluding hydrogens is 233 g/mol. The Kier molecular flexibility index (Phi) is 4.28. The molecule has 18 heavy (non-hydrogen) atoms. The van der Waals surface area contributed by atoms with Crippen LogP contribution in [0.15, 0.2) is 24.3 Å². The normalized spacial score (nSPS) is 20.7. The lowest BCUT2D eigenvalue weighted by Crippen LogP contribution is -2.53. The zero-order valence-electron chi connectivity index (χ0n) is 10.4. The topological polar surface area (TPSA) is 44.4 Å². The number of benzene rings is 1. The number of carbonyl (C=O) groups is 1. The molecule has 1 aromatic carbocycles. The standard InChI is InChI=1S/C13H18FN3O/c1-17-6-5-15-12(9-17)8-16-13(18)10-3-2-4-11(14)7-10/h2-4,7,12,15H,5-6,8-9H2,1H3,(H,16,18). The maximum absolute atomic E-state index is 13.0. The number of amides is 1. The van der Waals surface area contributed by atoms with E-state index in [9.17, 15) is 9.18 Å². The van der Waals surface area contributed by atoms with E-state index in [4.69, 9.17) is 0 Å². The van der Waals surface area contributed by atoms with Crippen LogP contribution in [0.25, 0.3) is 0 Å². The summed E-state index contributed by atoms with van der Waals surface area (Å²) in [6.07, 6.45) is 0. The first kappa shape index (κ1) is 13.0. The Bertz CT molecular complexity index is 424. The fraction of sp³-hybridized carbons (Fsp3) is 0.462. The van der Waals surface area contributed by atoms with E-state index in [0.29, 0.717) is 12.1 Å². The molecule has 0 saturated carbocycles. The maximum atomic E-state index is 13.0. The number of nitrogens with one attached hydrogen (secondary N) is 2. The van der Waals surface area contributed by atoms with Crippen LogP contribution in [0.1, 0.15) is 10.4 Å². The number of likely N-dealkylation sites (N-methyl/N-ethyl adjacent to an activating group) is 1. The van der Waals surface area contributed by atoms with Crippen LogP contribution < -0.4 is 10.6 Å². The Morgan fingerprint density at radius 3 is 3.17 bits per heavy atom. The monoisotopic (exact) mass is 251 g/mol. The van der Waals surface area contributed by atoms with Crippen molar-refractivity contribution < 1.29 is 9.18 Å². The van der Waals surface area contributed by atoms with Crippen molar-refractivity contribution in [3.63, 3.8) is 0 Å². The van der Waals surface area contributed by atoms with Gasteiger partial charge in [-0.25, -0.2) is 4.39 Å². The minimum absolute atomic E-state index is 0.232. The molecule has 0 radical (unpaired) electrons. The quantitative estimate of drug-likeness (QED) is 0.820. The van der Waals surface area contributed by atoms with Crippen molar-refractivity contribution in [1.29, 1.82) is 0 Å². The second-order valence-corrected chi connectivity index (χ2v) is 4.63. The van der Waals surface area contributed by atoms with E-state index in [0.717, 1.165) is 19.6 Å². The Morgan fingerprint density at radius 1 is 1.61 bits per heavy atom. The van der Waals surface area contributed by atoms with Crippen LogP contribution >= 0.6 is 0 Å². The Labute approximate surface area is 106 Å². The van der Waals surface area contributed by atoms with Crippen molar-refractivity contribution in [2.24, 2.45) is 0 Å². The second-order valence-electron chi connectivity index (χ2n) is 4.63. The van der Waals surface area contributed by atoms with Gasteiger partial charge in [0.15, 0.2) is 0 Å². The Morgan fingerprint density at radius 2 is 2.44 bits per heavy atom. The van der Waals surface area contributed by atoms with Crippen molar-refractivity contribution in [3.8, 4) is 0 Å². The molecule has 2 rings (SSSR count). The fourth-order valence-electron chi connectivity index (χ4n) is 2.08. The molecule has 1 unspecified atom stereocenters. The van der Waals surface area contributed by atoms with Gasteiger partial charge in [-0.15, -0.1) is 0 Å². The summed E-state index contributed by atoms with van der Waals surface area (Å²) >= 11 is 0. The van der Waals surface area contributed by atoms with E-state index in [-0.39, 0.29) is 11.9 Å². The highest BCUT2D eigenvalue weighted by molar-refractivity contribution is 5.94. The smallest absolute Gasteiger partial charge is 0.251 e. The molecule has 2 N–H and O–H groups in total. The molecule has 0 aliphatic carbocycles. The van der Waals surface area contributed by atoms with Crippen LogP contribution in [-0.2, 0) is 0 Å². The number of rotatable bonds is 3. The van der Waals surface area contributed by atoms with Crippen LogP contribution in [0.4, 0.5) is 4.39 Å². The number of hydrogen-bond acceptors (Lipinski definition) is 3. The number of nitrogens with zero attached hydrogens (tertiary/aromatic N) is 1. The largest absolute Gasteiger partial charge is 0.350 e. The zero-order valence-corrected chi connectivity index (χ0v) is 10.4. The van der Waals surface area contributed by atoms with Gasteiger partial charge in [0.2, 0.25) is 0 Å². The molecule has 0 bridgehead atoms. The number of hydrogen-bond donors (Lipinski definition) is 2. The van der Waals surface area contributed by atoms with Crippen molar-refractivity contribution in [2.75, 3.05) is 33.2 Å². The molecule has 1 heterocycles. The lowest BCUT2D eigenvalue weighted by Gasteiger charge is -2.30. The highest BCUT2D eigenvalue weighted by Gasteiger charge is 2.17. The number of halogens is 1. The van der Waals surface area contributed by atoms with E-state index >= 15 is 0 Å². The first-order chi connectivity index (χ1) is 8.65. The molecule has 1 fully saturated rings. The van der Waals surface area contributed by atoms with Crippen LogP contribution in [0.5, 0.6) is 0 Å². The van der Waals surface area contributed by atoms with E-state index in [1.54, 1.807) is 6.07 Å². The molecule has 0 spiro atoms. The average Bonchev–Trinajstić information content (AvgIpc) is 2.36. The summed E-state index contributed by atoms with van der Waals surface area (Å²) < 4.78 is 13.0. The third-order valence-electron chi connectivity index (χ3n) is 3.05. The predicted octanol–water partition coefficient (Wildman–Crippen LogP) is 0.459. The van der Waals surface area contributed by atoms with Gasteiger partial charge in [0.25, 0.3) is 5.91 Å². The van der Waals surface area contributed by atoms with Crippen LogP contribution in [0, 0.1) is 5.82 Å². The Balaban J connectivity index is 1.84. The number of carbonyl (C=O) groups excluding carboxylic acids is 1. The van der Waals surface area contributed by atoms with Crippen molar-refractivity contribution in [3.05, 3.63) is 35.6 Å². The predicted molar refractivity (Wildman–Crippen MR) is 68.0 cm³/mol. The summed E-state index contributed by atoms with van der Waals surface area (Å²) in [6, 6.07) is 5.97. The highest BCUT2D eigenvalue weighted by Crippen LogP contribution is 2.03. The summed E-state index contributed by atoms with van der Waals surface area (Å²) in [4.78, 5) is 14.0. The Hall–Kier alpha value is -1.46. The fourth-order valence-corrected chi connectivity index (χ4v) is 2.08. The molecule has 0 aromatic heterocycles. The third-order valence-corrected chi connectivity index (χ3v) is 3.05. The highest BCUT2D eigenvalue weighted by atomic mass is 19.1. The van der Waals surface area contributed by atoms with Gasteiger partial charge in [-0.2, -0.15) is 0 Å². The summed E-state index contributed by atoms with van der Waals surface area (Å²) in [5.41, 5.74) is 0.360. The molecule has 4 nitrogen and oxygen atoms in total. The second kappa shape index (κ2) is 5.93. The van der Waals surface area contributed by atoms with E-state index in [2.05, 4.69) is 22.6 Å². The molecule has 98 valence electrons. The zero-order chi connectivity index (χ0) is 13.0. The van der Waals surface area contributed by atoms with Crippen molar-refractivity contribution >= 4 is 5.91 Å². The molecule has 1 aliphatic heterocycles. The number of piperazine rings is 1. The van der Waals surface area contributed by atoms with Gasteiger partial charge in [0, 0.05) is 37.8 Å². The summed E-state index contributed by atoms with van der Waals surface area (Å²) in [7, 11) is 2.06. The van der Waals surface area contributed by atoms with Gasteiger partial charge in [-0.3, -0.25) is 4.79 Å². The minimum Gasteiger partial charge on any atom is -0.350 e. The molecule has 5 heteroatoms. The van der Waals surface area contributed by atoms with Gasteiger partial charge in [-0.1, -0.05) is 6.07 Å². The molecule has 1 amide bonds. The molecule has 1 aromatic rings. The van der Waals surface area contributed by atoms with Gasteiger partial charge in [0.1, 0.15) is 5.82 Å². The molecule has 1 aliphatic rings. The summed E-state index contributed by atoms with van der Waals surface area (Å²) in [5, 5.41) is 6.16. The first-order valence-corrected chi connectivity index (χ1v) is 6.11. The minimum atomic E-state index is -0.391.